The van der Waals surface area contributed by atoms with E-state index in [2.05, 4.69) is 10.3 Å². The second-order valence-electron chi connectivity index (χ2n) is 7.09. The highest BCUT2D eigenvalue weighted by atomic mass is 32.2. The maximum absolute atomic E-state index is 13.2. The second kappa shape index (κ2) is 10.2. The molecule has 0 aliphatic carbocycles. The van der Waals surface area contributed by atoms with E-state index in [1.54, 1.807) is 5.38 Å². The van der Waals surface area contributed by atoms with E-state index in [1.165, 1.54) is 47.9 Å². The number of rotatable bonds is 7. The van der Waals surface area contributed by atoms with Crippen molar-refractivity contribution >= 4 is 38.4 Å². The fourth-order valence-electron chi connectivity index (χ4n) is 3.23. The monoisotopic (exact) mass is 467 g/mol. The smallest absolute Gasteiger partial charge is 0.338 e. The Kier molecular flexibility index (Phi) is 7.63. The molecule has 11 heteroatoms. The van der Waals surface area contributed by atoms with Crippen LogP contribution in [0.3, 0.4) is 0 Å². The van der Waals surface area contributed by atoms with Gasteiger partial charge in [0.05, 0.1) is 18.4 Å². The molecule has 1 aliphatic heterocycles. The zero-order chi connectivity index (χ0) is 22.4. The molecule has 1 saturated heterocycles. The maximum Gasteiger partial charge on any atom is 0.338 e. The number of amides is 1. The van der Waals surface area contributed by atoms with E-state index in [4.69, 9.17) is 9.47 Å². The van der Waals surface area contributed by atoms with Crippen molar-refractivity contribution < 1.29 is 27.5 Å². The number of hydrogen-bond acceptors (Lipinski definition) is 8. The molecule has 0 saturated carbocycles. The number of hydrogen-bond donors (Lipinski definition) is 1. The van der Waals surface area contributed by atoms with Gasteiger partial charge in [0.15, 0.2) is 5.13 Å². The molecule has 1 N–H and O–H groups in total. The van der Waals surface area contributed by atoms with E-state index >= 15 is 0 Å². The van der Waals surface area contributed by atoms with Gasteiger partial charge < -0.3 is 14.8 Å². The summed E-state index contributed by atoms with van der Waals surface area (Å²) < 4.78 is 38.4. The van der Waals surface area contributed by atoms with Crippen LogP contribution in [0.1, 0.15) is 48.7 Å². The SMILES string of the molecule is COc1ccc(C(=O)OCc2csc(NC(C)=O)n2)cc1S(=O)(=O)N1CCCCCC1. The Balaban J connectivity index is 1.76. The third-order valence-electron chi connectivity index (χ3n) is 4.77. The minimum atomic E-state index is -3.81. The number of aromatic nitrogens is 1. The number of methoxy groups -OCH3 is 1. The molecular formula is C20H25N3O6S2. The van der Waals surface area contributed by atoms with Gasteiger partial charge in [-0.15, -0.1) is 11.3 Å². The first kappa shape index (κ1) is 23.2. The van der Waals surface area contributed by atoms with Crippen molar-refractivity contribution in [2.75, 3.05) is 25.5 Å². The van der Waals surface area contributed by atoms with Crippen LogP contribution in [0.5, 0.6) is 5.75 Å². The van der Waals surface area contributed by atoms with E-state index in [0.29, 0.717) is 23.9 Å². The molecule has 1 aromatic carbocycles. The van der Waals surface area contributed by atoms with E-state index in [-0.39, 0.29) is 28.7 Å². The van der Waals surface area contributed by atoms with Gasteiger partial charge in [0, 0.05) is 25.4 Å². The molecular weight excluding hydrogens is 442 g/mol. The van der Waals surface area contributed by atoms with Gasteiger partial charge in [-0.3, -0.25) is 4.79 Å². The molecule has 3 rings (SSSR count). The van der Waals surface area contributed by atoms with Crippen molar-refractivity contribution in [2.24, 2.45) is 0 Å². The van der Waals surface area contributed by atoms with Gasteiger partial charge in [-0.1, -0.05) is 12.8 Å². The molecule has 1 fully saturated rings. The highest BCUT2D eigenvalue weighted by Gasteiger charge is 2.29. The first-order valence-electron chi connectivity index (χ1n) is 9.88. The molecule has 0 radical (unpaired) electrons. The van der Waals surface area contributed by atoms with Crippen LogP contribution in [0, 0.1) is 0 Å². The number of carbonyl (C=O) groups is 2. The summed E-state index contributed by atoms with van der Waals surface area (Å²) in [5.74, 6) is -0.737. The summed E-state index contributed by atoms with van der Waals surface area (Å²) in [6.45, 7) is 2.17. The summed E-state index contributed by atoms with van der Waals surface area (Å²) in [5, 5.41) is 4.64. The molecule has 0 unspecified atom stereocenters. The van der Waals surface area contributed by atoms with Gasteiger partial charge in [0.1, 0.15) is 17.3 Å². The summed E-state index contributed by atoms with van der Waals surface area (Å²) >= 11 is 1.22. The number of benzene rings is 1. The highest BCUT2D eigenvalue weighted by Crippen LogP contribution is 2.29. The van der Waals surface area contributed by atoms with Crippen LogP contribution in [0.4, 0.5) is 5.13 Å². The van der Waals surface area contributed by atoms with Crippen molar-refractivity contribution in [3.63, 3.8) is 0 Å². The molecule has 1 aliphatic rings. The van der Waals surface area contributed by atoms with Crippen LogP contribution in [0.2, 0.25) is 0 Å². The normalized spacial score (nSPS) is 15.2. The summed E-state index contributed by atoms with van der Waals surface area (Å²) in [4.78, 5) is 27.7. The van der Waals surface area contributed by atoms with Crippen molar-refractivity contribution in [3.8, 4) is 5.75 Å². The molecule has 2 heterocycles. The van der Waals surface area contributed by atoms with E-state index in [1.807, 2.05) is 0 Å². The fourth-order valence-corrected chi connectivity index (χ4v) is 5.67. The van der Waals surface area contributed by atoms with Crippen molar-refractivity contribution in [1.82, 2.24) is 9.29 Å². The van der Waals surface area contributed by atoms with Crippen LogP contribution in [-0.2, 0) is 26.2 Å². The van der Waals surface area contributed by atoms with Crippen molar-refractivity contribution in [1.29, 1.82) is 0 Å². The van der Waals surface area contributed by atoms with Gasteiger partial charge in [0.2, 0.25) is 15.9 Å². The zero-order valence-corrected chi connectivity index (χ0v) is 19.1. The minimum Gasteiger partial charge on any atom is -0.495 e. The number of nitrogens with zero attached hydrogens (tertiary/aromatic N) is 2. The Hall–Kier alpha value is -2.50. The largest absolute Gasteiger partial charge is 0.495 e. The standard InChI is InChI=1S/C20H25N3O6S2/c1-14(24)21-20-22-16(13-30-20)12-29-19(25)15-7-8-17(28-2)18(11-15)31(26,27)23-9-5-3-4-6-10-23/h7-8,11,13H,3-6,9-10,12H2,1-2H3,(H,21,22,24). The average Bonchev–Trinajstić information content (AvgIpc) is 3.00. The number of nitrogens with one attached hydrogen (secondary N) is 1. The van der Waals surface area contributed by atoms with E-state index in [0.717, 1.165) is 25.7 Å². The third-order valence-corrected chi connectivity index (χ3v) is 7.49. The Morgan fingerprint density at radius 1 is 1.19 bits per heavy atom. The lowest BCUT2D eigenvalue weighted by molar-refractivity contribution is -0.114. The van der Waals surface area contributed by atoms with Gasteiger partial charge in [-0.25, -0.2) is 18.2 Å². The van der Waals surface area contributed by atoms with Gasteiger partial charge >= 0.3 is 5.97 Å². The lowest BCUT2D eigenvalue weighted by atomic mass is 10.2. The summed E-state index contributed by atoms with van der Waals surface area (Å²) in [6.07, 6.45) is 3.60. The van der Waals surface area contributed by atoms with E-state index in [9.17, 15) is 18.0 Å². The Labute approximate surface area is 185 Å². The quantitative estimate of drug-likeness (QED) is 0.622. The fraction of sp³-hybridized carbons (Fsp3) is 0.450. The molecule has 0 spiro atoms. The number of esters is 1. The lowest BCUT2D eigenvalue weighted by Gasteiger charge is -2.21. The van der Waals surface area contributed by atoms with Gasteiger partial charge in [-0.05, 0) is 31.0 Å². The summed E-state index contributed by atoms with van der Waals surface area (Å²) in [7, 11) is -2.42. The predicted molar refractivity (Wildman–Crippen MR) is 116 cm³/mol. The molecule has 0 atom stereocenters. The van der Waals surface area contributed by atoms with Crippen LogP contribution in [-0.4, -0.2) is 49.8 Å². The molecule has 0 bridgehead atoms. The van der Waals surface area contributed by atoms with Crippen molar-refractivity contribution in [2.45, 2.75) is 44.1 Å². The first-order valence-corrected chi connectivity index (χ1v) is 12.2. The Morgan fingerprint density at radius 2 is 1.90 bits per heavy atom. The second-order valence-corrected chi connectivity index (χ2v) is 9.85. The molecule has 1 aromatic heterocycles. The number of sulfonamides is 1. The molecule has 2 aromatic rings. The lowest BCUT2D eigenvalue weighted by Crippen LogP contribution is -2.32. The maximum atomic E-state index is 13.2. The Bertz CT molecular complexity index is 1040. The summed E-state index contributed by atoms with van der Waals surface area (Å²) in [5.41, 5.74) is 0.583. The van der Waals surface area contributed by atoms with Gasteiger partial charge in [0.25, 0.3) is 0 Å². The zero-order valence-electron chi connectivity index (χ0n) is 17.4. The third kappa shape index (κ3) is 5.81. The number of carbonyl (C=O) groups excluding carboxylic acids is 2. The topological polar surface area (TPSA) is 115 Å². The summed E-state index contributed by atoms with van der Waals surface area (Å²) in [6, 6.07) is 4.22. The number of thiazole rings is 1. The molecule has 9 nitrogen and oxygen atoms in total. The number of ether oxygens (including phenoxy) is 2. The average molecular weight is 468 g/mol. The molecule has 168 valence electrons. The number of anilines is 1. The first-order chi connectivity index (χ1) is 14.8. The molecule has 1 amide bonds. The van der Waals surface area contributed by atoms with Crippen LogP contribution in [0.15, 0.2) is 28.5 Å². The van der Waals surface area contributed by atoms with E-state index < -0.39 is 16.0 Å². The van der Waals surface area contributed by atoms with Crippen molar-refractivity contribution in [3.05, 3.63) is 34.8 Å². The minimum absolute atomic E-state index is 0.0482. The van der Waals surface area contributed by atoms with Crippen LogP contribution < -0.4 is 10.1 Å². The predicted octanol–water partition coefficient (Wildman–Crippen LogP) is 3.03. The Morgan fingerprint density at radius 3 is 2.55 bits per heavy atom. The van der Waals surface area contributed by atoms with Gasteiger partial charge in [-0.2, -0.15) is 4.31 Å². The van der Waals surface area contributed by atoms with Crippen LogP contribution >= 0.6 is 11.3 Å². The van der Waals surface area contributed by atoms with Crippen LogP contribution in [0.25, 0.3) is 0 Å². The molecule has 31 heavy (non-hydrogen) atoms. The highest BCUT2D eigenvalue weighted by molar-refractivity contribution is 7.89.